The molecule has 0 bridgehead atoms. The fourth-order valence-electron chi connectivity index (χ4n) is 2.66. The Hall–Kier alpha value is -1.67. The van der Waals surface area contributed by atoms with Gasteiger partial charge in [0, 0.05) is 6.04 Å². The van der Waals surface area contributed by atoms with Crippen molar-refractivity contribution in [1.82, 2.24) is 5.32 Å². The fourth-order valence-corrected chi connectivity index (χ4v) is 2.66. The molecule has 2 aromatic rings. The van der Waals surface area contributed by atoms with Gasteiger partial charge in [0.1, 0.15) is 5.82 Å². The normalized spacial score (nSPS) is 12.4. The van der Waals surface area contributed by atoms with Crippen LogP contribution < -0.4 is 5.32 Å². The molecule has 0 aliphatic rings. The molecule has 0 fully saturated rings. The molecule has 0 spiro atoms. The van der Waals surface area contributed by atoms with Crippen LogP contribution in [0.3, 0.4) is 0 Å². The van der Waals surface area contributed by atoms with Gasteiger partial charge in [-0.25, -0.2) is 4.39 Å². The van der Waals surface area contributed by atoms with Crippen molar-refractivity contribution < 1.29 is 4.39 Å². The Bertz CT molecular complexity index is 604. The van der Waals surface area contributed by atoms with Gasteiger partial charge in [0.2, 0.25) is 0 Å². The Labute approximate surface area is 120 Å². The molecule has 2 heteroatoms. The molecular weight excluding hydrogens is 249 g/mol. The summed E-state index contributed by atoms with van der Waals surface area (Å²) in [6.07, 6.45) is 0.796. The molecule has 0 saturated heterocycles. The number of likely N-dealkylation sites (N-methyl/N-ethyl adjacent to an activating group) is 1. The van der Waals surface area contributed by atoms with Gasteiger partial charge in [0.25, 0.3) is 0 Å². The van der Waals surface area contributed by atoms with Gasteiger partial charge in [0.15, 0.2) is 0 Å². The molecule has 106 valence electrons. The summed E-state index contributed by atoms with van der Waals surface area (Å²) in [6, 6.07) is 11.7. The average Bonchev–Trinajstić information content (AvgIpc) is 2.40. The van der Waals surface area contributed by atoms with Crippen molar-refractivity contribution in [1.29, 1.82) is 0 Å². The van der Waals surface area contributed by atoms with Crippen LogP contribution in [0.4, 0.5) is 4.39 Å². The third-order valence-electron chi connectivity index (χ3n) is 3.88. The average molecular weight is 271 g/mol. The first-order valence-corrected chi connectivity index (χ1v) is 7.00. The van der Waals surface area contributed by atoms with Crippen molar-refractivity contribution in [3.63, 3.8) is 0 Å². The number of halogens is 1. The Morgan fingerprint density at radius 1 is 1.00 bits per heavy atom. The molecule has 0 aliphatic carbocycles. The zero-order valence-corrected chi connectivity index (χ0v) is 12.6. The monoisotopic (exact) mass is 271 g/mol. The van der Waals surface area contributed by atoms with E-state index in [0.717, 1.165) is 17.5 Å². The zero-order chi connectivity index (χ0) is 14.7. The molecule has 0 aliphatic heterocycles. The van der Waals surface area contributed by atoms with Crippen molar-refractivity contribution >= 4 is 0 Å². The highest BCUT2D eigenvalue weighted by Crippen LogP contribution is 2.24. The van der Waals surface area contributed by atoms with E-state index in [9.17, 15) is 4.39 Å². The van der Waals surface area contributed by atoms with E-state index in [1.54, 1.807) is 6.07 Å². The van der Waals surface area contributed by atoms with Crippen LogP contribution in [0.2, 0.25) is 0 Å². The van der Waals surface area contributed by atoms with Crippen molar-refractivity contribution in [2.24, 2.45) is 0 Å². The van der Waals surface area contributed by atoms with E-state index in [1.807, 2.05) is 20.0 Å². The summed E-state index contributed by atoms with van der Waals surface area (Å²) >= 11 is 0. The minimum absolute atomic E-state index is 0.166. The number of benzene rings is 2. The van der Waals surface area contributed by atoms with Crippen LogP contribution in [-0.4, -0.2) is 7.05 Å². The van der Waals surface area contributed by atoms with Gasteiger partial charge >= 0.3 is 0 Å². The number of nitrogens with one attached hydrogen (secondary N) is 1. The molecule has 0 aromatic heterocycles. The van der Waals surface area contributed by atoms with Crippen LogP contribution in [0.1, 0.15) is 33.9 Å². The van der Waals surface area contributed by atoms with Gasteiger partial charge in [-0.3, -0.25) is 0 Å². The van der Waals surface area contributed by atoms with Crippen LogP contribution in [0, 0.1) is 26.6 Å². The molecular formula is C18H22FN. The molecule has 0 heterocycles. The fraction of sp³-hybridized carbons (Fsp3) is 0.333. The van der Waals surface area contributed by atoms with E-state index in [1.165, 1.54) is 22.8 Å². The van der Waals surface area contributed by atoms with E-state index in [-0.39, 0.29) is 11.9 Å². The Balaban J connectivity index is 2.31. The lowest BCUT2D eigenvalue weighted by Crippen LogP contribution is -2.20. The van der Waals surface area contributed by atoms with Crippen LogP contribution in [0.5, 0.6) is 0 Å². The minimum Gasteiger partial charge on any atom is -0.313 e. The van der Waals surface area contributed by atoms with Gasteiger partial charge in [-0.15, -0.1) is 0 Å². The highest BCUT2D eigenvalue weighted by atomic mass is 19.1. The Kier molecular flexibility index (Phi) is 4.56. The van der Waals surface area contributed by atoms with Crippen molar-refractivity contribution in [3.05, 3.63) is 70.0 Å². The van der Waals surface area contributed by atoms with Gasteiger partial charge in [0.05, 0.1) is 0 Å². The first kappa shape index (κ1) is 14.7. The predicted molar refractivity (Wildman–Crippen MR) is 82.6 cm³/mol. The van der Waals surface area contributed by atoms with Gasteiger partial charge in [-0.05, 0) is 68.6 Å². The minimum atomic E-state index is -0.166. The summed E-state index contributed by atoms with van der Waals surface area (Å²) in [5.74, 6) is -0.166. The number of rotatable bonds is 4. The second-order valence-electron chi connectivity index (χ2n) is 5.48. The smallest absolute Gasteiger partial charge is 0.123 e. The molecule has 1 atom stereocenters. The molecule has 0 saturated carbocycles. The summed E-state index contributed by atoms with van der Waals surface area (Å²) in [5, 5.41) is 3.35. The molecule has 0 amide bonds. The SMILES string of the molecule is CNC(Cc1cc(F)ccc1C)c1ccc(C)cc1C. The van der Waals surface area contributed by atoms with Crippen molar-refractivity contribution in [3.8, 4) is 0 Å². The summed E-state index contributed by atoms with van der Waals surface area (Å²) in [7, 11) is 1.96. The van der Waals surface area contributed by atoms with Crippen LogP contribution in [0.25, 0.3) is 0 Å². The van der Waals surface area contributed by atoms with Gasteiger partial charge in [-0.2, -0.15) is 0 Å². The molecule has 20 heavy (non-hydrogen) atoms. The van der Waals surface area contributed by atoms with Crippen molar-refractivity contribution in [2.75, 3.05) is 7.05 Å². The van der Waals surface area contributed by atoms with Gasteiger partial charge < -0.3 is 5.32 Å². The summed E-state index contributed by atoms with van der Waals surface area (Å²) in [5.41, 5.74) is 6.02. The molecule has 1 N–H and O–H groups in total. The van der Waals surface area contributed by atoms with E-state index in [2.05, 4.69) is 37.4 Å². The zero-order valence-electron chi connectivity index (χ0n) is 12.6. The molecule has 2 rings (SSSR count). The first-order valence-electron chi connectivity index (χ1n) is 7.00. The lowest BCUT2D eigenvalue weighted by atomic mass is 9.92. The topological polar surface area (TPSA) is 12.0 Å². The van der Waals surface area contributed by atoms with E-state index >= 15 is 0 Å². The predicted octanol–water partition coefficient (Wildman–Crippen LogP) is 4.25. The lowest BCUT2D eigenvalue weighted by molar-refractivity contribution is 0.580. The molecule has 0 radical (unpaired) electrons. The highest BCUT2D eigenvalue weighted by Gasteiger charge is 2.14. The maximum atomic E-state index is 13.4. The second-order valence-corrected chi connectivity index (χ2v) is 5.48. The third kappa shape index (κ3) is 3.26. The van der Waals surface area contributed by atoms with Crippen molar-refractivity contribution in [2.45, 2.75) is 33.2 Å². The first-order chi connectivity index (χ1) is 9.51. The van der Waals surface area contributed by atoms with Crippen LogP contribution >= 0.6 is 0 Å². The molecule has 1 nitrogen and oxygen atoms in total. The second kappa shape index (κ2) is 6.19. The highest BCUT2D eigenvalue weighted by molar-refractivity contribution is 5.35. The Morgan fingerprint density at radius 2 is 1.75 bits per heavy atom. The summed E-state index contributed by atoms with van der Waals surface area (Å²) in [4.78, 5) is 0. The van der Waals surface area contributed by atoms with E-state index < -0.39 is 0 Å². The standard InChI is InChI=1S/C18H22FN/c1-12-5-8-17(14(3)9-12)18(20-4)11-15-10-16(19)7-6-13(15)2/h5-10,18,20H,11H2,1-4H3. The number of aryl methyl sites for hydroxylation is 3. The maximum Gasteiger partial charge on any atom is 0.123 e. The maximum absolute atomic E-state index is 13.4. The third-order valence-corrected chi connectivity index (χ3v) is 3.88. The molecule has 1 unspecified atom stereocenters. The van der Waals surface area contributed by atoms with Crippen LogP contribution in [-0.2, 0) is 6.42 Å². The van der Waals surface area contributed by atoms with E-state index in [4.69, 9.17) is 0 Å². The summed E-state index contributed by atoms with van der Waals surface area (Å²) < 4.78 is 13.4. The largest absolute Gasteiger partial charge is 0.313 e. The molecule has 2 aromatic carbocycles. The van der Waals surface area contributed by atoms with Gasteiger partial charge in [-0.1, -0.05) is 29.8 Å². The Morgan fingerprint density at radius 3 is 2.40 bits per heavy atom. The lowest BCUT2D eigenvalue weighted by Gasteiger charge is -2.20. The van der Waals surface area contributed by atoms with E-state index in [0.29, 0.717) is 0 Å². The quantitative estimate of drug-likeness (QED) is 0.876. The number of hydrogen-bond donors (Lipinski definition) is 1. The van der Waals surface area contributed by atoms with Crippen LogP contribution in [0.15, 0.2) is 36.4 Å². The number of hydrogen-bond acceptors (Lipinski definition) is 1. The summed E-state index contributed by atoms with van der Waals surface area (Å²) in [6.45, 7) is 6.26.